The normalized spacial score (nSPS) is 12.0. The van der Waals surface area contributed by atoms with Crippen molar-refractivity contribution in [3.8, 4) is 11.3 Å². The van der Waals surface area contributed by atoms with Gasteiger partial charge in [-0.25, -0.2) is 9.07 Å². The number of benzene rings is 2. The van der Waals surface area contributed by atoms with Gasteiger partial charge in [0.25, 0.3) is 0 Å². The number of pyridine rings is 1. The number of halogens is 1. The fraction of sp³-hybridized carbons (Fsp3) is 0.0455. The van der Waals surface area contributed by atoms with Crippen LogP contribution < -0.4 is 4.80 Å². The molecule has 0 atom stereocenters. The van der Waals surface area contributed by atoms with Crippen LogP contribution in [-0.4, -0.2) is 15.9 Å². The SMILES string of the molecule is Fc1ccc(-c2csc(=NCc3ccccc3)n2/N=C\c2ccccn2)cc1. The average Bonchev–Trinajstić information content (AvgIpc) is 3.15. The summed E-state index contributed by atoms with van der Waals surface area (Å²) in [5, 5.41) is 6.58. The van der Waals surface area contributed by atoms with Crippen LogP contribution in [0.2, 0.25) is 0 Å². The molecule has 2 aromatic heterocycles. The van der Waals surface area contributed by atoms with Crippen molar-refractivity contribution < 1.29 is 4.39 Å². The van der Waals surface area contributed by atoms with E-state index in [1.807, 2.05) is 53.9 Å². The van der Waals surface area contributed by atoms with Crippen LogP contribution in [0, 0.1) is 5.82 Å². The zero-order chi connectivity index (χ0) is 19.2. The van der Waals surface area contributed by atoms with Crippen LogP contribution in [0.3, 0.4) is 0 Å². The van der Waals surface area contributed by atoms with E-state index in [1.165, 1.54) is 23.5 Å². The first-order chi connectivity index (χ1) is 13.8. The van der Waals surface area contributed by atoms with Gasteiger partial charge in [0.1, 0.15) is 5.82 Å². The minimum atomic E-state index is -0.267. The summed E-state index contributed by atoms with van der Waals surface area (Å²) in [4.78, 5) is 9.76. The highest BCUT2D eigenvalue weighted by molar-refractivity contribution is 7.07. The Kier molecular flexibility index (Phi) is 5.49. The molecule has 0 amide bonds. The van der Waals surface area contributed by atoms with E-state index in [2.05, 4.69) is 10.1 Å². The summed E-state index contributed by atoms with van der Waals surface area (Å²) in [5.74, 6) is -0.267. The Bertz CT molecular complexity index is 1130. The maximum Gasteiger partial charge on any atom is 0.206 e. The summed E-state index contributed by atoms with van der Waals surface area (Å²) in [7, 11) is 0. The van der Waals surface area contributed by atoms with Gasteiger partial charge in [0.15, 0.2) is 0 Å². The molecule has 0 aliphatic heterocycles. The van der Waals surface area contributed by atoms with Gasteiger partial charge in [-0.05, 0) is 42.0 Å². The molecule has 0 aliphatic carbocycles. The van der Waals surface area contributed by atoms with Crippen molar-refractivity contribution in [1.82, 2.24) is 9.66 Å². The van der Waals surface area contributed by atoms with Crippen LogP contribution in [0.4, 0.5) is 4.39 Å². The third-order valence-corrected chi connectivity index (χ3v) is 4.91. The molecule has 0 radical (unpaired) electrons. The summed E-state index contributed by atoms with van der Waals surface area (Å²) < 4.78 is 15.1. The van der Waals surface area contributed by atoms with Crippen molar-refractivity contribution in [2.24, 2.45) is 10.1 Å². The number of rotatable bonds is 5. The zero-order valence-electron chi connectivity index (χ0n) is 14.9. The summed E-state index contributed by atoms with van der Waals surface area (Å²) in [5.41, 5.74) is 3.60. The van der Waals surface area contributed by atoms with Crippen molar-refractivity contribution >= 4 is 17.6 Å². The van der Waals surface area contributed by atoms with Crippen LogP contribution >= 0.6 is 11.3 Å². The van der Waals surface area contributed by atoms with Crippen molar-refractivity contribution in [2.75, 3.05) is 0 Å². The molecule has 6 heteroatoms. The highest BCUT2D eigenvalue weighted by Gasteiger charge is 2.08. The zero-order valence-corrected chi connectivity index (χ0v) is 15.8. The van der Waals surface area contributed by atoms with E-state index in [1.54, 1.807) is 29.2 Å². The lowest BCUT2D eigenvalue weighted by atomic mass is 10.2. The molecule has 4 aromatic rings. The fourth-order valence-electron chi connectivity index (χ4n) is 2.65. The monoisotopic (exact) mass is 388 g/mol. The molecule has 2 heterocycles. The van der Waals surface area contributed by atoms with E-state index < -0.39 is 0 Å². The first kappa shape index (κ1) is 18.0. The van der Waals surface area contributed by atoms with Crippen molar-refractivity contribution in [3.05, 3.63) is 106 Å². The number of hydrogen-bond donors (Lipinski definition) is 0. The molecule has 138 valence electrons. The van der Waals surface area contributed by atoms with Gasteiger partial charge in [-0.3, -0.25) is 9.98 Å². The molecule has 4 rings (SSSR count). The minimum Gasteiger partial charge on any atom is -0.255 e. The predicted octanol–water partition coefficient (Wildman–Crippen LogP) is 4.73. The van der Waals surface area contributed by atoms with Crippen LogP contribution in [0.1, 0.15) is 11.3 Å². The maximum atomic E-state index is 13.3. The van der Waals surface area contributed by atoms with Crippen LogP contribution in [-0.2, 0) is 6.54 Å². The molecule has 0 bridgehead atoms. The van der Waals surface area contributed by atoms with Gasteiger partial charge < -0.3 is 0 Å². The van der Waals surface area contributed by atoms with Gasteiger partial charge in [0.05, 0.1) is 24.1 Å². The Balaban J connectivity index is 1.75. The quantitative estimate of drug-likeness (QED) is 0.456. The lowest BCUT2D eigenvalue weighted by molar-refractivity contribution is 0.628. The van der Waals surface area contributed by atoms with Gasteiger partial charge in [-0.2, -0.15) is 5.10 Å². The standard InChI is InChI=1S/C22H17FN4S/c23-19-11-9-18(10-12-19)21-16-28-22(25-14-17-6-2-1-3-7-17)27(21)26-15-20-8-4-5-13-24-20/h1-13,15-16H,14H2/b25-22?,26-15-. The van der Waals surface area contributed by atoms with Crippen LogP contribution in [0.25, 0.3) is 11.3 Å². The number of thiazole rings is 1. The second-order valence-electron chi connectivity index (χ2n) is 6.02. The van der Waals surface area contributed by atoms with Gasteiger partial charge in [-0.15, -0.1) is 11.3 Å². The molecule has 0 saturated carbocycles. The number of aromatic nitrogens is 2. The minimum absolute atomic E-state index is 0.267. The molecule has 0 unspecified atom stereocenters. The van der Waals surface area contributed by atoms with Crippen LogP contribution in [0.5, 0.6) is 0 Å². The van der Waals surface area contributed by atoms with Gasteiger partial charge in [-0.1, -0.05) is 36.4 Å². The van der Waals surface area contributed by atoms with E-state index in [4.69, 9.17) is 4.99 Å². The second-order valence-corrected chi connectivity index (χ2v) is 6.86. The molecule has 0 spiro atoms. The van der Waals surface area contributed by atoms with E-state index >= 15 is 0 Å². The smallest absolute Gasteiger partial charge is 0.206 e. The maximum absolute atomic E-state index is 13.3. The topological polar surface area (TPSA) is 42.5 Å². The lowest BCUT2D eigenvalue weighted by Gasteiger charge is -2.03. The largest absolute Gasteiger partial charge is 0.255 e. The molecule has 2 aromatic carbocycles. The second kappa shape index (κ2) is 8.54. The third kappa shape index (κ3) is 4.29. The summed E-state index contributed by atoms with van der Waals surface area (Å²) in [6.45, 7) is 0.559. The molecule has 0 N–H and O–H groups in total. The van der Waals surface area contributed by atoms with Crippen molar-refractivity contribution in [1.29, 1.82) is 0 Å². The predicted molar refractivity (Wildman–Crippen MR) is 111 cm³/mol. The Labute approximate surface area is 166 Å². The van der Waals surface area contributed by atoms with E-state index in [0.29, 0.717) is 6.54 Å². The summed E-state index contributed by atoms with van der Waals surface area (Å²) >= 11 is 1.50. The summed E-state index contributed by atoms with van der Waals surface area (Å²) in [6.07, 6.45) is 3.42. The number of hydrogen-bond acceptors (Lipinski definition) is 4. The van der Waals surface area contributed by atoms with Gasteiger partial charge in [0, 0.05) is 17.1 Å². The van der Waals surface area contributed by atoms with E-state index in [-0.39, 0.29) is 5.82 Å². The summed E-state index contributed by atoms with van der Waals surface area (Å²) in [6, 6.07) is 22.1. The fourth-order valence-corrected chi connectivity index (χ4v) is 3.49. The molecule has 0 fully saturated rings. The lowest BCUT2D eigenvalue weighted by Crippen LogP contribution is -2.12. The van der Waals surface area contributed by atoms with Crippen LogP contribution in [0.15, 0.2) is 94.5 Å². The van der Waals surface area contributed by atoms with Crippen molar-refractivity contribution in [2.45, 2.75) is 6.54 Å². The Morgan fingerprint density at radius 1 is 0.964 bits per heavy atom. The van der Waals surface area contributed by atoms with Gasteiger partial charge >= 0.3 is 0 Å². The van der Waals surface area contributed by atoms with Gasteiger partial charge in [0.2, 0.25) is 4.80 Å². The first-order valence-electron chi connectivity index (χ1n) is 8.76. The van der Waals surface area contributed by atoms with E-state index in [9.17, 15) is 4.39 Å². The molecule has 0 aliphatic rings. The van der Waals surface area contributed by atoms with E-state index in [0.717, 1.165) is 27.3 Å². The highest BCUT2D eigenvalue weighted by Crippen LogP contribution is 2.20. The molecular weight excluding hydrogens is 371 g/mol. The Morgan fingerprint density at radius 3 is 2.50 bits per heavy atom. The third-order valence-electron chi connectivity index (χ3n) is 4.06. The van der Waals surface area contributed by atoms with Crippen molar-refractivity contribution in [3.63, 3.8) is 0 Å². The molecule has 4 nitrogen and oxygen atoms in total. The Morgan fingerprint density at radius 2 is 1.75 bits per heavy atom. The molecular formula is C22H17FN4S. The average molecular weight is 388 g/mol. The first-order valence-corrected chi connectivity index (χ1v) is 9.64. The molecule has 0 saturated heterocycles. The highest BCUT2D eigenvalue weighted by atomic mass is 32.1. The molecule has 28 heavy (non-hydrogen) atoms. The Hall–Kier alpha value is -3.38. The number of nitrogens with zero attached hydrogens (tertiary/aromatic N) is 4.